The van der Waals surface area contributed by atoms with Gasteiger partial charge in [0.2, 0.25) is 5.91 Å². The Morgan fingerprint density at radius 2 is 1.86 bits per heavy atom. The molecule has 4 fully saturated rings. The molecule has 4 rings (SSSR count). The Morgan fingerprint density at radius 1 is 1.27 bits per heavy atom. The van der Waals surface area contributed by atoms with Crippen molar-refractivity contribution in [2.45, 2.75) is 78.2 Å². The molecule has 0 aromatic rings. The molecule has 2 heteroatoms. The molecule has 0 aromatic carbocycles. The molecule has 0 heterocycles. The molecule has 4 saturated carbocycles. The lowest BCUT2D eigenvalue weighted by atomic mass is 9.42. The van der Waals surface area contributed by atoms with Gasteiger partial charge >= 0.3 is 0 Å². The van der Waals surface area contributed by atoms with E-state index < -0.39 is 0 Å². The molecule has 4 bridgehead atoms. The van der Waals surface area contributed by atoms with Crippen LogP contribution >= 0.6 is 0 Å². The molecule has 0 radical (unpaired) electrons. The molecule has 0 spiro atoms. The van der Waals surface area contributed by atoms with Gasteiger partial charge in [-0.25, -0.2) is 0 Å². The fourth-order valence-electron chi connectivity index (χ4n) is 6.54. The standard InChI is InChI=1S/C20H33NO/c1-6-7-14(4)20(21-18(22)13(2)3)16-8-15-9-17(20)12-19(5,10-15)11-16/h14-17H,2,6-12H2,1,3-5H3,(H,21,22). The summed E-state index contributed by atoms with van der Waals surface area (Å²) in [5, 5.41) is 3.54. The summed E-state index contributed by atoms with van der Waals surface area (Å²) in [5.41, 5.74) is 1.23. The van der Waals surface area contributed by atoms with Gasteiger partial charge in [0.25, 0.3) is 0 Å². The predicted molar refractivity (Wildman–Crippen MR) is 91.4 cm³/mol. The van der Waals surface area contributed by atoms with E-state index in [4.69, 9.17) is 0 Å². The van der Waals surface area contributed by atoms with Crippen molar-refractivity contribution in [2.75, 3.05) is 0 Å². The van der Waals surface area contributed by atoms with E-state index >= 15 is 0 Å². The average molecular weight is 303 g/mol. The zero-order chi connectivity index (χ0) is 16.1. The lowest BCUT2D eigenvalue weighted by molar-refractivity contribution is -0.149. The molecule has 2 nitrogen and oxygen atoms in total. The van der Waals surface area contributed by atoms with Crippen molar-refractivity contribution in [3.63, 3.8) is 0 Å². The number of rotatable bonds is 5. The number of carbonyl (C=O) groups is 1. The van der Waals surface area contributed by atoms with Crippen LogP contribution in [-0.2, 0) is 4.79 Å². The lowest BCUT2D eigenvalue weighted by Gasteiger charge is -2.66. The second-order valence-corrected chi connectivity index (χ2v) is 9.01. The average Bonchev–Trinajstić information content (AvgIpc) is 2.41. The van der Waals surface area contributed by atoms with Crippen LogP contribution in [0.4, 0.5) is 0 Å². The minimum atomic E-state index is 0.0302. The fourth-order valence-corrected chi connectivity index (χ4v) is 6.54. The van der Waals surface area contributed by atoms with E-state index in [9.17, 15) is 4.79 Å². The molecular weight excluding hydrogens is 270 g/mol. The summed E-state index contributed by atoms with van der Waals surface area (Å²) in [6, 6.07) is 0. The first-order valence-electron chi connectivity index (χ1n) is 9.28. The van der Waals surface area contributed by atoms with Gasteiger partial charge in [-0.05, 0) is 74.5 Å². The van der Waals surface area contributed by atoms with Crippen LogP contribution in [0.25, 0.3) is 0 Å². The van der Waals surface area contributed by atoms with Crippen molar-refractivity contribution in [1.82, 2.24) is 5.32 Å². The van der Waals surface area contributed by atoms with Gasteiger partial charge < -0.3 is 5.32 Å². The Labute approximate surface area is 136 Å². The van der Waals surface area contributed by atoms with Crippen molar-refractivity contribution in [2.24, 2.45) is 29.1 Å². The summed E-state index contributed by atoms with van der Waals surface area (Å²) in [6.07, 6.45) is 9.12. The van der Waals surface area contributed by atoms with Crippen LogP contribution in [-0.4, -0.2) is 11.4 Å². The number of carbonyl (C=O) groups excluding carboxylic acids is 1. The van der Waals surface area contributed by atoms with Crippen molar-refractivity contribution in [1.29, 1.82) is 0 Å². The SMILES string of the molecule is C=C(C)C(=O)NC1(C(C)CCC)C2CC3CC1CC(C)(C3)C2. The summed E-state index contributed by atoms with van der Waals surface area (Å²) < 4.78 is 0. The van der Waals surface area contributed by atoms with Gasteiger partial charge in [0.05, 0.1) is 0 Å². The highest BCUT2D eigenvalue weighted by atomic mass is 16.1. The smallest absolute Gasteiger partial charge is 0.246 e. The Hall–Kier alpha value is -0.790. The summed E-state index contributed by atoms with van der Waals surface area (Å²) in [6.45, 7) is 12.9. The monoisotopic (exact) mass is 303 g/mol. The zero-order valence-electron chi connectivity index (χ0n) is 14.9. The third kappa shape index (κ3) is 2.34. The highest BCUT2D eigenvalue weighted by Gasteiger charge is 2.62. The first-order chi connectivity index (χ1) is 10.3. The number of nitrogens with one attached hydrogen (secondary N) is 1. The molecule has 0 saturated heterocycles. The molecule has 0 aromatic heterocycles. The van der Waals surface area contributed by atoms with Crippen LogP contribution in [0.3, 0.4) is 0 Å². The summed E-state index contributed by atoms with van der Waals surface area (Å²) in [5.74, 6) is 2.91. The normalized spacial score (nSPS) is 43.9. The van der Waals surface area contributed by atoms with E-state index in [-0.39, 0.29) is 11.4 Å². The van der Waals surface area contributed by atoms with E-state index in [0.717, 1.165) is 5.92 Å². The highest BCUT2D eigenvalue weighted by Crippen LogP contribution is 2.65. The minimum absolute atomic E-state index is 0.0302. The van der Waals surface area contributed by atoms with Gasteiger partial charge in [0.1, 0.15) is 0 Å². The topological polar surface area (TPSA) is 29.1 Å². The van der Waals surface area contributed by atoms with E-state index in [2.05, 4.69) is 32.7 Å². The van der Waals surface area contributed by atoms with Crippen molar-refractivity contribution in [3.05, 3.63) is 12.2 Å². The van der Waals surface area contributed by atoms with Crippen LogP contribution in [0.2, 0.25) is 0 Å². The molecule has 1 amide bonds. The Bertz CT molecular complexity index is 464. The first kappa shape index (κ1) is 16.1. The third-order valence-electron chi connectivity index (χ3n) is 7.10. The van der Waals surface area contributed by atoms with Gasteiger partial charge in [-0.15, -0.1) is 0 Å². The maximum Gasteiger partial charge on any atom is 0.246 e. The molecule has 4 aliphatic carbocycles. The van der Waals surface area contributed by atoms with Gasteiger partial charge in [-0.2, -0.15) is 0 Å². The van der Waals surface area contributed by atoms with Gasteiger partial charge in [0.15, 0.2) is 0 Å². The molecule has 3 unspecified atom stereocenters. The molecule has 3 atom stereocenters. The minimum Gasteiger partial charge on any atom is -0.346 e. The maximum absolute atomic E-state index is 12.5. The summed E-state index contributed by atoms with van der Waals surface area (Å²) in [7, 11) is 0. The van der Waals surface area contributed by atoms with E-state index in [1.54, 1.807) is 0 Å². The van der Waals surface area contributed by atoms with Crippen molar-refractivity contribution >= 4 is 5.91 Å². The predicted octanol–water partition coefficient (Wildman–Crippen LogP) is 4.70. The van der Waals surface area contributed by atoms with Crippen LogP contribution in [0.5, 0.6) is 0 Å². The largest absolute Gasteiger partial charge is 0.346 e. The van der Waals surface area contributed by atoms with Gasteiger partial charge in [-0.1, -0.05) is 33.8 Å². The summed E-state index contributed by atoms with van der Waals surface area (Å²) >= 11 is 0. The molecule has 22 heavy (non-hydrogen) atoms. The van der Waals surface area contributed by atoms with E-state index in [0.29, 0.717) is 28.7 Å². The maximum atomic E-state index is 12.5. The third-order valence-corrected chi connectivity index (χ3v) is 7.10. The number of hydrogen-bond acceptors (Lipinski definition) is 1. The number of hydrogen-bond donors (Lipinski definition) is 1. The first-order valence-corrected chi connectivity index (χ1v) is 9.28. The second kappa shape index (κ2) is 5.39. The number of amides is 1. The molecule has 124 valence electrons. The Balaban J connectivity index is 1.95. The quantitative estimate of drug-likeness (QED) is 0.733. The Morgan fingerprint density at radius 3 is 2.32 bits per heavy atom. The van der Waals surface area contributed by atoms with Crippen LogP contribution < -0.4 is 5.32 Å². The van der Waals surface area contributed by atoms with Gasteiger partial charge in [0, 0.05) is 11.1 Å². The zero-order valence-corrected chi connectivity index (χ0v) is 14.9. The van der Waals surface area contributed by atoms with Crippen molar-refractivity contribution in [3.8, 4) is 0 Å². The Kier molecular flexibility index (Phi) is 3.94. The highest BCUT2D eigenvalue weighted by molar-refractivity contribution is 5.92. The van der Waals surface area contributed by atoms with E-state index in [1.165, 1.54) is 44.9 Å². The second-order valence-electron chi connectivity index (χ2n) is 9.01. The molecular formula is C20H33NO. The van der Waals surface area contributed by atoms with Crippen LogP contribution in [0.15, 0.2) is 12.2 Å². The summed E-state index contributed by atoms with van der Waals surface area (Å²) in [4.78, 5) is 12.5. The molecule has 4 aliphatic rings. The molecule has 1 N–H and O–H groups in total. The van der Waals surface area contributed by atoms with Crippen LogP contribution in [0.1, 0.15) is 72.6 Å². The van der Waals surface area contributed by atoms with Crippen molar-refractivity contribution < 1.29 is 4.79 Å². The van der Waals surface area contributed by atoms with E-state index in [1.807, 2.05) is 6.92 Å². The van der Waals surface area contributed by atoms with Crippen LogP contribution in [0, 0.1) is 29.1 Å². The fraction of sp³-hybridized carbons (Fsp3) is 0.850. The molecule has 0 aliphatic heterocycles. The van der Waals surface area contributed by atoms with Gasteiger partial charge in [-0.3, -0.25) is 4.79 Å². The lowest BCUT2D eigenvalue weighted by Crippen LogP contribution is -2.70.